The molecule has 0 aliphatic carbocycles. The number of ether oxygens (including phenoxy) is 7. The Labute approximate surface area is 223 Å². The van der Waals surface area contributed by atoms with Gasteiger partial charge < -0.3 is 38.9 Å². The third kappa shape index (κ3) is 13.7. The highest BCUT2D eigenvalue weighted by Crippen LogP contribution is 2.30. The first kappa shape index (κ1) is 32.5. The predicted octanol–water partition coefficient (Wildman–Crippen LogP) is 4.39. The number of benzene rings is 1. The highest BCUT2D eigenvalue weighted by Gasteiger charge is 2.22. The molecule has 12 heteroatoms. The van der Waals surface area contributed by atoms with E-state index in [0.29, 0.717) is 12.0 Å². The summed E-state index contributed by atoms with van der Waals surface area (Å²) < 4.78 is 35.4. The van der Waals surface area contributed by atoms with E-state index in [1.807, 2.05) is 34.6 Å². The summed E-state index contributed by atoms with van der Waals surface area (Å²) in [6, 6.07) is 3.23. The van der Waals surface area contributed by atoms with Gasteiger partial charge in [-0.05, 0) is 49.3 Å². The second-order valence-corrected chi connectivity index (χ2v) is 9.36. The maximum Gasteiger partial charge on any atom is 0.513 e. The van der Waals surface area contributed by atoms with E-state index in [9.17, 15) is 19.2 Å². The normalized spacial score (nSPS) is 12.3. The van der Waals surface area contributed by atoms with Gasteiger partial charge in [0.1, 0.15) is 18.8 Å². The minimum atomic E-state index is -1.09. The summed E-state index contributed by atoms with van der Waals surface area (Å²) in [4.78, 5) is 48.0. The van der Waals surface area contributed by atoms with E-state index >= 15 is 0 Å². The smallest absolute Gasteiger partial charge is 0.461 e. The average molecular weight is 542 g/mol. The van der Waals surface area contributed by atoms with Gasteiger partial charge in [-0.3, -0.25) is 4.79 Å². The fraction of sp³-hybridized carbons (Fsp3) is 0.615. The molecule has 0 amide bonds. The zero-order valence-corrected chi connectivity index (χ0v) is 22.9. The number of carbonyl (C=O) groups excluding carboxylic acids is 4. The van der Waals surface area contributed by atoms with E-state index in [0.717, 1.165) is 0 Å². The van der Waals surface area contributed by atoms with Crippen LogP contribution >= 0.6 is 0 Å². The molecule has 12 nitrogen and oxygen atoms in total. The van der Waals surface area contributed by atoms with Gasteiger partial charge in [-0.1, -0.05) is 40.7 Å². The van der Waals surface area contributed by atoms with Crippen molar-refractivity contribution >= 4 is 24.4 Å². The largest absolute Gasteiger partial charge is 0.513 e. The van der Waals surface area contributed by atoms with Gasteiger partial charge in [0.15, 0.2) is 11.5 Å². The molecule has 1 rings (SSSR count). The zero-order chi connectivity index (χ0) is 28.7. The van der Waals surface area contributed by atoms with Crippen LogP contribution in [0.2, 0.25) is 0 Å². The summed E-state index contributed by atoms with van der Waals surface area (Å²) >= 11 is 0. The van der Waals surface area contributed by atoms with Crippen LogP contribution in [0, 0.1) is 11.8 Å². The van der Waals surface area contributed by atoms with Crippen LogP contribution in [0.25, 0.3) is 0 Å². The van der Waals surface area contributed by atoms with Crippen molar-refractivity contribution in [1.82, 2.24) is 0 Å². The predicted molar refractivity (Wildman–Crippen MR) is 135 cm³/mol. The number of hydrogen-bond acceptors (Lipinski definition) is 12. The Kier molecular flexibility index (Phi) is 14.6. The lowest BCUT2D eigenvalue weighted by molar-refractivity contribution is -0.148. The number of rotatable bonds is 14. The van der Waals surface area contributed by atoms with Gasteiger partial charge in [-0.25, -0.2) is 14.4 Å². The van der Waals surface area contributed by atoms with Crippen LogP contribution in [0.4, 0.5) is 14.4 Å². The number of esters is 1. The molecule has 0 saturated carbocycles. The van der Waals surface area contributed by atoms with Crippen LogP contribution in [-0.2, 0) is 34.9 Å². The minimum absolute atomic E-state index is 0.00207. The molecular formula is C26H39NO11. The molecule has 38 heavy (non-hydrogen) atoms. The molecule has 1 aromatic rings. The van der Waals surface area contributed by atoms with E-state index < -0.39 is 36.6 Å². The summed E-state index contributed by atoms with van der Waals surface area (Å²) in [6.07, 6.45) is -2.90. The average Bonchev–Trinajstić information content (AvgIpc) is 2.84. The molecule has 0 spiro atoms. The summed E-state index contributed by atoms with van der Waals surface area (Å²) in [5.74, 6) is -0.766. The van der Waals surface area contributed by atoms with Gasteiger partial charge in [0, 0.05) is 0 Å². The van der Waals surface area contributed by atoms with Crippen LogP contribution in [0.3, 0.4) is 0 Å². The molecule has 1 aromatic carbocycles. The Bertz CT molecular complexity index is 916. The van der Waals surface area contributed by atoms with Crippen molar-refractivity contribution in [2.24, 2.45) is 17.6 Å². The molecule has 2 atom stereocenters. The Balaban J connectivity index is 2.83. The summed E-state index contributed by atoms with van der Waals surface area (Å²) in [6.45, 7) is 11.1. The van der Waals surface area contributed by atoms with Gasteiger partial charge in [0.05, 0.1) is 19.8 Å². The second kappa shape index (κ2) is 17.1. The van der Waals surface area contributed by atoms with Crippen molar-refractivity contribution in [3.8, 4) is 11.5 Å². The van der Waals surface area contributed by atoms with Crippen molar-refractivity contribution in [1.29, 1.82) is 0 Å². The van der Waals surface area contributed by atoms with Crippen LogP contribution in [-0.4, -0.2) is 63.0 Å². The standard InChI is InChI=1S/C26H39NO11/c1-7-10-32-24(29)36-18(6)15-33-23(28)20(27)11-19-8-9-21(37-25(30)34-13-16(2)3)22(12-19)38-26(31)35-14-17(4)5/h8-9,12,16-18,20H,7,10-11,13-15,27H2,1-6H3/t18-,20-/m0/s1. The number of hydrogen-bond donors (Lipinski definition) is 1. The van der Waals surface area contributed by atoms with E-state index in [1.54, 1.807) is 13.0 Å². The molecule has 0 aliphatic rings. The van der Waals surface area contributed by atoms with Crippen LogP contribution in [0.5, 0.6) is 11.5 Å². The Morgan fingerprint density at radius 3 is 1.89 bits per heavy atom. The Morgan fingerprint density at radius 1 is 0.763 bits per heavy atom. The van der Waals surface area contributed by atoms with Crippen molar-refractivity contribution in [3.05, 3.63) is 23.8 Å². The van der Waals surface area contributed by atoms with Crippen molar-refractivity contribution < 1.29 is 52.3 Å². The lowest BCUT2D eigenvalue weighted by atomic mass is 10.1. The number of nitrogens with two attached hydrogens (primary N) is 1. The molecule has 0 fully saturated rings. The summed E-state index contributed by atoms with van der Waals surface area (Å²) in [7, 11) is 0. The minimum Gasteiger partial charge on any atom is -0.461 e. The molecule has 0 aliphatic heterocycles. The molecule has 214 valence electrons. The lowest BCUT2D eigenvalue weighted by Gasteiger charge is -2.17. The Morgan fingerprint density at radius 2 is 1.34 bits per heavy atom. The first-order chi connectivity index (χ1) is 17.9. The van der Waals surface area contributed by atoms with E-state index in [2.05, 4.69) is 0 Å². The molecule has 0 saturated heterocycles. The van der Waals surface area contributed by atoms with Gasteiger partial charge in [0.2, 0.25) is 0 Å². The fourth-order valence-corrected chi connectivity index (χ4v) is 2.61. The molecular weight excluding hydrogens is 502 g/mol. The van der Waals surface area contributed by atoms with E-state index in [4.69, 9.17) is 38.9 Å². The first-order valence-corrected chi connectivity index (χ1v) is 12.5. The van der Waals surface area contributed by atoms with Crippen LogP contribution in [0.1, 0.15) is 53.5 Å². The summed E-state index contributed by atoms with van der Waals surface area (Å²) in [5, 5.41) is 0. The quantitative estimate of drug-likeness (QED) is 0.201. The third-order valence-electron chi connectivity index (χ3n) is 4.40. The van der Waals surface area contributed by atoms with E-state index in [-0.39, 0.29) is 56.2 Å². The van der Waals surface area contributed by atoms with Crippen molar-refractivity contribution in [2.75, 3.05) is 26.4 Å². The molecule has 0 bridgehead atoms. The van der Waals surface area contributed by atoms with Crippen LogP contribution in [0.15, 0.2) is 18.2 Å². The molecule has 0 heterocycles. The third-order valence-corrected chi connectivity index (χ3v) is 4.40. The van der Waals surface area contributed by atoms with Crippen LogP contribution < -0.4 is 15.2 Å². The van der Waals surface area contributed by atoms with E-state index in [1.165, 1.54) is 12.1 Å². The van der Waals surface area contributed by atoms with Gasteiger partial charge >= 0.3 is 24.4 Å². The maximum atomic E-state index is 12.4. The first-order valence-electron chi connectivity index (χ1n) is 12.5. The van der Waals surface area contributed by atoms with Crippen molar-refractivity contribution in [3.63, 3.8) is 0 Å². The lowest BCUT2D eigenvalue weighted by Crippen LogP contribution is -2.36. The molecule has 0 aromatic heterocycles. The van der Waals surface area contributed by atoms with Crippen molar-refractivity contribution in [2.45, 2.75) is 66.5 Å². The topological polar surface area (TPSA) is 159 Å². The number of carbonyl (C=O) groups is 4. The summed E-state index contributed by atoms with van der Waals surface area (Å²) in [5.41, 5.74) is 6.46. The fourth-order valence-electron chi connectivity index (χ4n) is 2.61. The molecule has 2 N–H and O–H groups in total. The monoisotopic (exact) mass is 541 g/mol. The Hall–Kier alpha value is -3.54. The highest BCUT2D eigenvalue weighted by molar-refractivity contribution is 5.76. The molecule has 0 radical (unpaired) electrons. The zero-order valence-electron chi connectivity index (χ0n) is 22.9. The maximum absolute atomic E-state index is 12.4. The van der Waals surface area contributed by atoms with Gasteiger partial charge in [-0.2, -0.15) is 0 Å². The molecule has 0 unspecified atom stereocenters. The van der Waals surface area contributed by atoms with Gasteiger partial charge in [-0.15, -0.1) is 0 Å². The SMILES string of the molecule is CCCOC(=O)O[C@@H](C)COC(=O)[C@@H](N)Cc1ccc(OC(=O)OCC(C)C)c(OC(=O)OCC(C)C)c1. The highest BCUT2D eigenvalue weighted by atomic mass is 16.7. The second-order valence-electron chi connectivity index (χ2n) is 9.36. The van der Waals surface area contributed by atoms with Gasteiger partial charge in [0.25, 0.3) is 0 Å².